The van der Waals surface area contributed by atoms with E-state index in [1.807, 2.05) is 0 Å². The molecule has 1 aromatic heterocycles. The van der Waals surface area contributed by atoms with E-state index in [2.05, 4.69) is 24.0 Å². The molecular formula is C10H16N2O2S. The van der Waals surface area contributed by atoms with Crippen molar-refractivity contribution in [1.29, 1.82) is 0 Å². The van der Waals surface area contributed by atoms with E-state index in [-0.39, 0.29) is 12.2 Å². The minimum Gasteiger partial charge on any atom is -0.339 e. The molecule has 1 rings (SSSR count). The summed E-state index contributed by atoms with van der Waals surface area (Å²) >= 11 is 1.78. The third-order valence-electron chi connectivity index (χ3n) is 1.59. The summed E-state index contributed by atoms with van der Waals surface area (Å²) in [5, 5.41) is 3.81. The third kappa shape index (κ3) is 4.97. The quantitative estimate of drug-likeness (QED) is 0.746. The van der Waals surface area contributed by atoms with Gasteiger partial charge in [-0.3, -0.25) is 4.79 Å². The zero-order chi connectivity index (χ0) is 11.3. The van der Waals surface area contributed by atoms with Gasteiger partial charge in [0.1, 0.15) is 5.78 Å². The van der Waals surface area contributed by atoms with Crippen molar-refractivity contribution in [2.24, 2.45) is 5.92 Å². The highest BCUT2D eigenvalue weighted by molar-refractivity contribution is 7.98. The van der Waals surface area contributed by atoms with Gasteiger partial charge in [0.25, 0.3) is 0 Å². The van der Waals surface area contributed by atoms with Crippen LogP contribution in [-0.2, 0) is 17.0 Å². The molecule has 0 aliphatic rings. The molecule has 0 saturated carbocycles. The Hall–Kier alpha value is -0.840. The Morgan fingerprint density at radius 1 is 1.53 bits per heavy atom. The number of aromatic nitrogens is 2. The molecule has 0 radical (unpaired) electrons. The lowest BCUT2D eigenvalue weighted by molar-refractivity contribution is -0.116. The van der Waals surface area contributed by atoms with E-state index < -0.39 is 0 Å². The Morgan fingerprint density at radius 2 is 2.27 bits per heavy atom. The first kappa shape index (κ1) is 12.2. The molecule has 15 heavy (non-hydrogen) atoms. The molecule has 0 atom stereocenters. The van der Waals surface area contributed by atoms with Gasteiger partial charge in [-0.15, -0.1) is 0 Å². The fraction of sp³-hybridized carbons (Fsp3) is 0.700. The highest BCUT2D eigenvalue weighted by atomic mass is 32.2. The van der Waals surface area contributed by atoms with E-state index in [0.717, 1.165) is 11.5 Å². The second-order valence-corrected chi connectivity index (χ2v) is 4.92. The summed E-state index contributed by atoms with van der Waals surface area (Å²) in [4.78, 5) is 14.9. The molecule has 0 aromatic carbocycles. The molecule has 0 bridgehead atoms. The van der Waals surface area contributed by atoms with Crippen LogP contribution in [0.25, 0.3) is 0 Å². The van der Waals surface area contributed by atoms with Crippen LogP contribution in [0.5, 0.6) is 0 Å². The van der Waals surface area contributed by atoms with Crippen molar-refractivity contribution in [3.63, 3.8) is 0 Å². The minimum absolute atomic E-state index is 0.0417. The Labute approximate surface area is 93.8 Å². The molecule has 0 fully saturated rings. The molecule has 84 valence electrons. The number of carbonyl (C=O) groups is 1. The normalized spacial score (nSPS) is 10.9. The maximum atomic E-state index is 10.8. The van der Waals surface area contributed by atoms with Crippen LogP contribution in [0.4, 0.5) is 0 Å². The topological polar surface area (TPSA) is 56.0 Å². The van der Waals surface area contributed by atoms with Gasteiger partial charge in [0.2, 0.25) is 5.89 Å². The second-order valence-electron chi connectivity index (χ2n) is 3.89. The van der Waals surface area contributed by atoms with Crippen LogP contribution in [0, 0.1) is 5.92 Å². The lowest BCUT2D eigenvalue weighted by Gasteiger charge is -2.00. The maximum Gasteiger partial charge on any atom is 0.234 e. The summed E-state index contributed by atoms with van der Waals surface area (Å²) in [7, 11) is 0. The third-order valence-corrected chi connectivity index (χ3v) is 2.96. The Bertz CT molecular complexity index is 323. The fourth-order valence-electron chi connectivity index (χ4n) is 1.02. The number of rotatable bonds is 6. The first-order chi connectivity index (χ1) is 7.08. The number of carbonyl (C=O) groups excluding carboxylic acids is 1. The number of Topliss-reactive ketones (excluding diaryl/α,β-unsaturated/α-hetero) is 1. The van der Waals surface area contributed by atoms with Gasteiger partial charge in [-0.1, -0.05) is 19.0 Å². The zero-order valence-corrected chi connectivity index (χ0v) is 10.1. The van der Waals surface area contributed by atoms with Crippen molar-refractivity contribution in [2.45, 2.75) is 32.9 Å². The Morgan fingerprint density at radius 3 is 2.87 bits per heavy atom. The van der Waals surface area contributed by atoms with Crippen molar-refractivity contribution in [3.05, 3.63) is 11.7 Å². The van der Waals surface area contributed by atoms with Crippen LogP contribution in [0.1, 0.15) is 32.5 Å². The second kappa shape index (κ2) is 5.90. The molecule has 0 amide bonds. The van der Waals surface area contributed by atoms with Crippen molar-refractivity contribution in [1.82, 2.24) is 10.1 Å². The van der Waals surface area contributed by atoms with Crippen molar-refractivity contribution < 1.29 is 9.32 Å². The highest BCUT2D eigenvalue weighted by Gasteiger charge is 2.08. The SMILES string of the molecule is CC(=O)Cc1nc(CSCC(C)C)no1. The lowest BCUT2D eigenvalue weighted by atomic mass is 10.3. The van der Waals surface area contributed by atoms with Crippen LogP contribution >= 0.6 is 11.8 Å². The van der Waals surface area contributed by atoms with Crippen molar-refractivity contribution >= 4 is 17.5 Å². The van der Waals surface area contributed by atoms with Crippen LogP contribution in [0.3, 0.4) is 0 Å². The first-order valence-electron chi connectivity index (χ1n) is 4.96. The smallest absolute Gasteiger partial charge is 0.234 e. The average molecular weight is 228 g/mol. The summed E-state index contributed by atoms with van der Waals surface area (Å²) in [6, 6.07) is 0. The standard InChI is InChI=1S/C10H16N2O2S/c1-7(2)5-15-6-9-11-10(14-12-9)4-8(3)13/h7H,4-6H2,1-3H3. The lowest BCUT2D eigenvalue weighted by Crippen LogP contribution is -1.97. The summed E-state index contributed by atoms with van der Waals surface area (Å²) in [6.45, 7) is 5.85. The zero-order valence-electron chi connectivity index (χ0n) is 9.32. The summed E-state index contributed by atoms with van der Waals surface area (Å²) in [5.41, 5.74) is 0. The van der Waals surface area contributed by atoms with Gasteiger partial charge >= 0.3 is 0 Å². The van der Waals surface area contributed by atoms with Gasteiger partial charge in [0, 0.05) is 0 Å². The van der Waals surface area contributed by atoms with Crippen LogP contribution in [0.15, 0.2) is 4.52 Å². The number of thioether (sulfide) groups is 1. The van der Waals surface area contributed by atoms with E-state index in [0.29, 0.717) is 17.6 Å². The van der Waals surface area contributed by atoms with Gasteiger partial charge < -0.3 is 4.52 Å². The highest BCUT2D eigenvalue weighted by Crippen LogP contribution is 2.13. The average Bonchev–Trinajstić information content (AvgIpc) is 2.50. The Kier molecular flexibility index (Phi) is 4.81. The molecule has 0 unspecified atom stereocenters. The Balaban J connectivity index is 2.36. The molecule has 0 aliphatic carbocycles. The molecule has 5 heteroatoms. The van der Waals surface area contributed by atoms with E-state index in [1.165, 1.54) is 6.92 Å². The van der Waals surface area contributed by atoms with E-state index in [1.54, 1.807) is 11.8 Å². The number of hydrogen-bond acceptors (Lipinski definition) is 5. The molecule has 0 saturated heterocycles. The summed E-state index contributed by atoms with van der Waals surface area (Å²) < 4.78 is 4.94. The van der Waals surface area contributed by atoms with E-state index in [4.69, 9.17) is 4.52 Å². The first-order valence-corrected chi connectivity index (χ1v) is 6.12. The van der Waals surface area contributed by atoms with Crippen molar-refractivity contribution in [2.75, 3.05) is 5.75 Å². The molecular weight excluding hydrogens is 212 g/mol. The summed E-state index contributed by atoms with van der Waals surface area (Å²) in [6.07, 6.45) is 0.238. The van der Waals surface area contributed by atoms with Gasteiger partial charge in [-0.25, -0.2) is 0 Å². The number of nitrogens with zero attached hydrogens (tertiary/aromatic N) is 2. The minimum atomic E-state index is 0.0417. The monoisotopic (exact) mass is 228 g/mol. The van der Waals surface area contributed by atoms with E-state index in [9.17, 15) is 4.79 Å². The van der Waals surface area contributed by atoms with Gasteiger partial charge in [0.15, 0.2) is 5.82 Å². The van der Waals surface area contributed by atoms with Crippen LogP contribution in [-0.4, -0.2) is 21.7 Å². The predicted molar refractivity (Wildman–Crippen MR) is 59.7 cm³/mol. The van der Waals surface area contributed by atoms with E-state index >= 15 is 0 Å². The van der Waals surface area contributed by atoms with Crippen molar-refractivity contribution in [3.8, 4) is 0 Å². The maximum absolute atomic E-state index is 10.8. The summed E-state index contributed by atoms with van der Waals surface area (Å²) in [5.74, 6) is 3.63. The molecule has 0 N–H and O–H groups in total. The molecule has 1 heterocycles. The number of hydrogen-bond donors (Lipinski definition) is 0. The van der Waals surface area contributed by atoms with Gasteiger partial charge in [0.05, 0.1) is 12.2 Å². The molecule has 1 aromatic rings. The largest absolute Gasteiger partial charge is 0.339 e. The van der Waals surface area contributed by atoms with Gasteiger partial charge in [-0.2, -0.15) is 16.7 Å². The predicted octanol–water partition coefficient (Wildman–Crippen LogP) is 2.09. The number of ketones is 1. The fourth-order valence-corrected chi connectivity index (χ4v) is 1.91. The van der Waals surface area contributed by atoms with Gasteiger partial charge in [-0.05, 0) is 18.6 Å². The van der Waals surface area contributed by atoms with Crippen LogP contribution < -0.4 is 0 Å². The molecule has 0 aliphatic heterocycles. The van der Waals surface area contributed by atoms with Crippen LogP contribution in [0.2, 0.25) is 0 Å². The molecule has 4 nitrogen and oxygen atoms in total. The molecule has 0 spiro atoms.